The van der Waals surface area contributed by atoms with Crippen LogP contribution in [-0.4, -0.2) is 18.6 Å². The van der Waals surface area contributed by atoms with Crippen LogP contribution in [-0.2, 0) is 9.53 Å². The Morgan fingerprint density at radius 1 is 1.75 bits per heavy atom. The van der Waals surface area contributed by atoms with Crippen molar-refractivity contribution in [2.75, 3.05) is 6.61 Å². The number of halogens is 1. The van der Waals surface area contributed by atoms with E-state index >= 15 is 0 Å². The maximum Gasteiger partial charge on any atom is 0.328 e. The fraction of sp³-hybridized carbons (Fsp3) is 0.545. The van der Waals surface area contributed by atoms with Crippen LogP contribution < -0.4 is 5.32 Å². The van der Waals surface area contributed by atoms with Gasteiger partial charge in [-0.3, -0.25) is 5.32 Å². The fourth-order valence-electron chi connectivity index (χ4n) is 1.47. The molecule has 0 spiro atoms. The van der Waals surface area contributed by atoms with Gasteiger partial charge >= 0.3 is 5.97 Å². The third-order valence-corrected chi connectivity index (χ3v) is 4.34. The zero-order valence-electron chi connectivity index (χ0n) is 9.03. The van der Waals surface area contributed by atoms with Gasteiger partial charge in [0.05, 0.1) is 6.61 Å². The third kappa shape index (κ3) is 2.84. The average Bonchev–Trinajstić information content (AvgIpc) is 2.98. The zero-order chi connectivity index (χ0) is 11.5. The molecule has 1 saturated carbocycles. The molecule has 0 saturated heterocycles. The van der Waals surface area contributed by atoms with E-state index in [4.69, 9.17) is 4.74 Å². The van der Waals surface area contributed by atoms with Crippen LogP contribution >= 0.6 is 27.3 Å². The van der Waals surface area contributed by atoms with Gasteiger partial charge in [-0.15, -0.1) is 11.3 Å². The van der Waals surface area contributed by atoms with E-state index in [0.29, 0.717) is 12.6 Å². The van der Waals surface area contributed by atoms with E-state index in [-0.39, 0.29) is 12.0 Å². The van der Waals surface area contributed by atoms with Crippen molar-refractivity contribution in [1.29, 1.82) is 0 Å². The predicted octanol–water partition coefficient (Wildman–Crippen LogP) is 2.87. The molecule has 1 fully saturated rings. The Morgan fingerprint density at radius 3 is 3.00 bits per heavy atom. The number of thiophene rings is 1. The Labute approximate surface area is 107 Å². The van der Waals surface area contributed by atoms with Crippen LogP contribution in [0, 0.1) is 0 Å². The molecule has 3 nitrogen and oxygen atoms in total. The molecule has 1 aromatic heterocycles. The van der Waals surface area contributed by atoms with Crippen LogP contribution in [0.5, 0.6) is 0 Å². The molecule has 1 unspecified atom stereocenters. The van der Waals surface area contributed by atoms with Crippen molar-refractivity contribution in [1.82, 2.24) is 5.32 Å². The molecule has 1 aliphatic rings. The number of hydrogen-bond acceptors (Lipinski definition) is 4. The third-order valence-electron chi connectivity index (χ3n) is 2.41. The summed E-state index contributed by atoms with van der Waals surface area (Å²) >= 11 is 5.03. The first-order chi connectivity index (χ1) is 7.72. The Bertz CT molecular complexity index is 376. The minimum atomic E-state index is -0.318. The van der Waals surface area contributed by atoms with Gasteiger partial charge in [-0.25, -0.2) is 4.79 Å². The van der Waals surface area contributed by atoms with Gasteiger partial charge in [-0.1, -0.05) is 0 Å². The first-order valence-electron chi connectivity index (χ1n) is 5.38. The summed E-state index contributed by atoms with van der Waals surface area (Å²) in [6.45, 7) is 2.25. The van der Waals surface area contributed by atoms with E-state index in [9.17, 15) is 4.79 Å². The maximum absolute atomic E-state index is 11.9. The highest BCUT2D eigenvalue weighted by Crippen LogP contribution is 2.32. The lowest BCUT2D eigenvalue weighted by atomic mass is 10.2. The number of rotatable bonds is 5. The molecule has 5 heteroatoms. The normalized spacial score (nSPS) is 17.1. The van der Waals surface area contributed by atoms with Crippen LogP contribution in [0.15, 0.2) is 15.9 Å². The smallest absolute Gasteiger partial charge is 0.328 e. The number of nitrogens with one attached hydrogen (secondary N) is 1. The van der Waals surface area contributed by atoms with Crippen LogP contribution in [0.2, 0.25) is 0 Å². The SMILES string of the molecule is CCOC(=O)C(NC1CC1)c1sccc1Br. The molecule has 1 heterocycles. The van der Waals surface area contributed by atoms with Gasteiger partial charge < -0.3 is 4.74 Å². The Hall–Kier alpha value is -0.390. The molecule has 0 aliphatic heterocycles. The second-order valence-corrected chi connectivity index (χ2v) is 5.56. The molecule has 1 aromatic rings. The van der Waals surface area contributed by atoms with Gasteiger partial charge in [0.1, 0.15) is 6.04 Å². The predicted molar refractivity (Wildman–Crippen MR) is 67.6 cm³/mol. The van der Waals surface area contributed by atoms with Crippen molar-refractivity contribution in [3.05, 3.63) is 20.8 Å². The first-order valence-corrected chi connectivity index (χ1v) is 7.05. The summed E-state index contributed by atoms with van der Waals surface area (Å²) in [5.74, 6) is -0.183. The summed E-state index contributed by atoms with van der Waals surface area (Å²) in [6, 6.07) is 2.12. The monoisotopic (exact) mass is 303 g/mol. The lowest BCUT2D eigenvalue weighted by Gasteiger charge is -2.16. The van der Waals surface area contributed by atoms with E-state index < -0.39 is 0 Å². The number of carbonyl (C=O) groups excluding carboxylic acids is 1. The van der Waals surface area contributed by atoms with Crippen molar-refractivity contribution in [2.24, 2.45) is 0 Å². The Morgan fingerprint density at radius 2 is 2.50 bits per heavy atom. The summed E-state index contributed by atoms with van der Waals surface area (Å²) in [4.78, 5) is 12.9. The number of hydrogen-bond donors (Lipinski definition) is 1. The molecule has 0 bridgehead atoms. The quantitative estimate of drug-likeness (QED) is 0.850. The highest BCUT2D eigenvalue weighted by molar-refractivity contribution is 9.10. The molecule has 0 amide bonds. The zero-order valence-corrected chi connectivity index (χ0v) is 11.4. The minimum Gasteiger partial charge on any atom is -0.465 e. The molecule has 2 rings (SSSR count). The van der Waals surface area contributed by atoms with Crippen LogP contribution in [0.25, 0.3) is 0 Å². The van der Waals surface area contributed by atoms with E-state index in [0.717, 1.165) is 22.2 Å². The average molecular weight is 304 g/mol. The van der Waals surface area contributed by atoms with Gasteiger partial charge in [0.15, 0.2) is 0 Å². The molecule has 88 valence electrons. The summed E-state index contributed by atoms with van der Waals surface area (Å²) in [7, 11) is 0. The van der Waals surface area contributed by atoms with Crippen molar-refractivity contribution in [3.63, 3.8) is 0 Å². The second-order valence-electron chi connectivity index (χ2n) is 3.76. The van der Waals surface area contributed by atoms with Crippen molar-refractivity contribution < 1.29 is 9.53 Å². The van der Waals surface area contributed by atoms with Gasteiger partial charge in [-0.2, -0.15) is 0 Å². The lowest BCUT2D eigenvalue weighted by Crippen LogP contribution is -2.31. The molecule has 16 heavy (non-hydrogen) atoms. The topological polar surface area (TPSA) is 38.3 Å². The van der Waals surface area contributed by atoms with E-state index in [1.165, 1.54) is 0 Å². The largest absolute Gasteiger partial charge is 0.465 e. The van der Waals surface area contributed by atoms with E-state index in [1.54, 1.807) is 11.3 Å². The van der Waals surface area contributed by atoms with Crippen LogP contribution in [0.3, 0.4) is 0 Å². The highest BCUT2D eigenvalue weighted by atomic mass is 79.9. The van der Waals surface area contributed by atoms with Gasteiger partial charge in [-0.05, 0) is 47.1 Å². The van der Waals surface area contributed by atoms with Crippen molar-refractivity contribution >= 4 is 33.2 Å². The number of carbonyl (C=O) groups is 1. The van der Waals surface area contributed by atoms with Crippen molar-refractivity contribution in [3.8, 4) is 0 Å². The summed E-state index contributed by atoms with van der Waals surface area (Å²) in [5, 5.41) is 5.30. The summed E-state index contributed by atoms with van der Waals surface area (Å²) < 4.78 is 6.07. The minimum absolute atomic E-state index is 0.183. The number of esters is 1. The standard InChI is InChI=1S/C11H14BrNO2S/c1-2-15-11(14)9(13-7-3-4-7)10-8(12)5-6-16-10/h5-7,9,13H,2-4H2,1H3. The summed E-state index contributed by atoms with van der Waals surface area (Å²) in [6.07, 6.45) is 2.30. The van der Waals surface area contributed by atoms with E-state index in [1.807, 2.05) is 18.4 Å². The first kappa shape index (κ1) is 12.1. The molecule has 1 atom stereocenters. The van der Waals surface area contributed by atoms with Crippen molar-refractivity contribution in [2.45, 2.75) is 31.8 Å². The molecular formula is C11H14BrNO2S. The molecule has 1 N–H and O–H groups in total. The lowest BCUT2D eigenvalue weighted by molar-refractivity contribution is -0.145. The molecular weight excluding hydrogens is 290 g/mol. The van der Waals surface area contributed by atoms with Crippen LogP contribution in [0.4, 0.5) is 0 Å². The van der Waals surface area contributed by atoms with Gasteiger partial charge in [0, 0.05) is 15.4 Å². The molecule has 1 aliphatic carbocycles. The van der Waals surface area contributed by atoms with Crippen LogP contribution in [0.1, 0.15) is 30.7 Å². The van der Waals surface area contributed by atoms with Gasteiger partial charge in [0.25, 0.3) is 0 Å². The maximum atomic E-state index is 11.9. The Kier molecular flexibility index (Phi) is 4.00. The highest BCUT2D eigenvalue weighted by Gasteiger charge is 2.32. The summed E-state index contributed by atoms with van der Waals surface area (Å²) in [5.41, 5.74) is 0. The van der Waals surface area contributed by atoms with Gasteiger partial charge in [0.2, 0.25) is 0 Å². The second kappa shape index (κ2) is 5.29. The van der Waals surface area contributed by atoms with E-state index in [2.05, 4.69) is 21.2 Å². The Balaban J connectivity index is 2.12. The molecule has 0 radical (unpaired) electrons. The fourth-order valence-corrected chi connectivity index (χ4v) is 3.12. The molecule has 0 aromatic carbocycles. The number of ether oxygens (including phenoxy) is 1.